The van der Waals surface area contributed by atoms with Crippen molar-refractivity contribution in [1.82, 2.24) is 4.90 Å². The fourth-order valence-corrected chi connectivity index (χ4v) is 2.56. The molecule has 0 atom stereocenters. The van der Waals surface area contributed by atoms with Gasteiger partial charge in [0.1, 0.15) is 12.3 Å². The monoisotopic (exact) mass is 387 g/mol. The quantitative estimate of drug-likeness (QED) is 0.695. The van der Waals surface area contributed by atoms with Gasteiger partial charge in [-0.2, -0.15) is 13.2 Å². The van der Waals surface area contributed by atoms with E-state index in [9.17, 15) is 18.0 Å². The Morgan fingerprint density at radius 3 is 2.19 bits per heavy atom. The number of halogens is 3. The van der Waals surface area contributed by atoms with Crippen LogP contribution in [0.15, 0.2) is 34.9 Å². The van der Waals surface area contributed by atoms with Crippen molar-refractivity contribution < 1.29 is 36.6 Å². The van der Waals surface area contributed by atoms with Crippen molar-refractivity contribution in [3.63, 3.8) is 0 Å². The highest BCUT2D eigenvalue weighted by Gasteiger charge is 2.33. The number of rotatable bonds is 8. The molecule has 0 aliphatic heterocycles. The van der Waals surface area contributed by atoms with Gasteiger partial charge in [0.25, 0.3) is 0 Å². The molecule has 1 amide bonds. The predicted molar refractivity (Wildman–Crippen MR) is 90.0 cm³/mol. The zero-order chi connectivity index (χ0) is 20.0. The molecule has 0 saturated carbocycles. The second kappa shape index (κ2) is 8.70. The molecule has 0 fully saturated rings. The van der Waals surface area contributed by atoms with Gasteiger partial charge in [-0.15, -0.1) is 0 Å². The number of methoxy groups -OCH3 is 3. The first-order valence-corrected chi connectivity index (χ1v) is 7.93. The van der Waals surface area contributed by atoms with Crippen molar-refractivity contribution in [2.24, 2.45) is 0 Å². The van der Waals surface area contributed by atoms with Gasteiger partial charge in [0.15, 0.2) is 11.5 Å². The summed E-state index contributed by atoms with van der Waals surface area (Å²) in [5.74, 6) is 0.510. The minimum absolute atomic E-state index is 0.262. The molecule has 0 N–H and O–H groups in total. The summed E-state index contributed by atoms with van der Waals surface area (Å²) in [5, 5.41) is 0. The smallest absolute Gasteiger partial charge is 0.406 e. The van der Waals surface area contributed by atoms with Crippen LogP contribution in [0.3, 0.4) is 0 Å². The van der Waals surface area contributed by atoms with E-state index in [0.29, 0.717) is 27.7 Å². The molecule has 0 aliphatic rings. The highest BCUT2D eigenvalue weighted by molar-refractivity contribution is 5.79. The zero-order valence-corrected chi connectivity index (χ0v) is 15.1. The third kappa shape index (κ3) is 5.57. The molecule has 6 nitrogen and oxygen atoms in total. The lowest BCUT2D eigenvalue weighted by molar-refractivity contribution is -0.162. The van der Waals surface area contributed by atoms with Crippen LogP contribution in [0.25, 0.3) is 0 Å². The van der Waals surface area contributed by atoms with Crippen LogP contribution in [0.5, 0.6) is 17.2 Å². The number of carbonyl (C=O) groups is 1. The second-order valence-corrected chi connectivity index (χ2v) is 5.65. The van der Waals surface area contributed by atoms with Crippen LogP contribution in [0.4, 0.5) is 13.2 Å². The summed E-state index contributed by atoms with van der Waals surface area (Å²) in [6.45, 7) is -1.66. The maximum atomic E-state index is 12.9. The highest BCUT2D eigenvalue weighted by atomic mass is 19.4. The Morgan fingerprint density at radius 2 is 1.74 bits per heavy atom. The molecule has 0 bridgehead atoms. The van der Waals surface area contributed by atoms with Gasteiger partial charge in [-0.1, -0.05) is 0 Å². The maximum Gasteiger partial charge on any atom is 0.406 e. The molecule has 1 heterocycles. The van der Waals surface area contributed by atoms with Gasteiger partial charge in [0.05, 0.1) is 40.6 Å². The van der Waals surface area contributed by atoms with E-state index >= 15 is 0 Å². The van der Waals surface area contributed by atoms with Gasteiger partial charge in [-0.25, -0.2) is 0 Å². The van der Waals surface area contributed by atoms with Crippen molar-refractivity contribution in [2.75, 3.05) is 27.9 Å². The van der Waals surface area contributed by atoms with Gasteiger partial charge < -0.3 is 23.5 Å². The Bertz CT molecular complexity index is 734. The Balaban J connectivity index is 2.25. The van der Waals surface area contributed by atoms with E-state index in [1.54, 1.807) is 6.07 Å². The standard InChI is InChI=1S/C18H20F3NO5/c1-24-14-7-12(8-15(25-2)17(14)26-3)9-16(23)22(11-18(19,20)21)10-13-5-4-6-27-13/h4-8H,9-11H2,1-3H3. The van der Waals surface area contributed by atoms with Crippen LogP contribution in [0.1, 0.15) is 11.3 Å². The summed E-state index contributed by atoms with van der Waals surface area (Å²) < 4.78 is 59.3. The molecule has 148 valence electrons. The van der Waals surface area contributed by atoms with E-state index in [2.05, 4.69) is 0 Å². The molecule has 0 radical (unpaired) electrons. The molecule has 0 aliphatic carbocycles. The zero-order valence-electron chi connectivity index (χ0n) is 15.1. The first kappa shape index (κ1) is 20.5. The molecular formula is C18H20F3NO5. The summed E-state index contributed by atoms with van der Waals surface area (Å²) in [5.41, 5.74) is 0.432. The van der Waals surface area contributed by atoms with Crippen LogP contribution >= 0.6 is 0 Å². The first-order chi connectivity index (χ1) is 12.8. The minimum Gasteiger partial charge on any atom is -0.493 e. The first-order valence-electron chi connectivity index (χ1n) is 7.93. The number of amides is 1. The van der Waals surface area contributed by atoms with Crippen molar-refractivity contribution in [2.45, 2.75) is 19.1 Å². The fraction of sp³-hybridized carbons (Fsp3) is 0.389. The molecule has 1 aromatic heterocycles. The largest absolute Gasteiger partial charge is 0.493 e. The molecule has 27 heavy (non-hydrogen) atoms. The van der Waals surface area contributed by atoms with Crippen LogP contribution < -0.4 is 14.2 Å². The summed E-state index contributed by atoms with van der Waals surface area (Å²) in [7, 11) is 4.26. The van der Waals surface area contributed by atoms with Crippen molar-refractivity contribution >= 4 is 5.91 Å². The molecule has 2 aromatic rings. The molecule has 0 unspecified atom stereocenters. The number of ether oxygens (including phenoxy) is 3. The summed E-state index contributed by atoms with van der Waals surface area (Å²) in [6, 6.07) is 6.11. The second-order valence-electron chi connectivity index (χ2n) is 5.65. The van der Waals surface area contributed by atoms with E-state index in [4.69, 9.17) is 18.6 Å². The molecule has 1 aromatic carbocycles. The molecule has 0 spiro atoms. The van der Waals surface area contributed by atoms with E-state index in [-0.39, 0.29) is 18.7 Å². The number of alkyl halides is 3. The SMILES string of the molecule is COc1cc(CC(=O)N(Cc2ccco2)CC(F)(F)F)cc(OC)c1OC. The molecule has 2 rings (SSSR count). The van der Waals surface area contributed by atoms with Crippen molar-refractivity contribution in [3.05, 3.63) is 41.9 Å². The normalized spacial score (nSPS) is 11.2. The number of furan rings is 1. The van der Waals surface area contributed by atoms with E-state index in [1.165, 1.54) is 45.8 Å². The maximum absolute atomic E-state index is 12.9. The van der Waals surface area contributed by atoms with Crippen molar-refractivity contribution in [1.29, 1.82) is 0 Å². The Morgan fingerprint density at radius 1 is 1.11 bits per heavy atom. The van der Waals surface area contributed by atoms with Crippen LogP contribution in [-0.2, 0) is 17.8 Å². The van der Waals surface area contributed by atoms with Crippen LogP contribution in [0.2, 0.25) is 0 Å². The molecular weight excluding hydrogens is 367 g/mol. The summed E-state index contributed by atoms with van der Waals surface area (Å²) in [4.78, 5) is 13.2. The van der Waals surface area contributed by atoms with E-state index < -0.39 is 18.6 Å². The fourth-order valence-electron chi connectivity index (χ4n) is 2.56. The lowest BCUT2D eigenvalue weighted by Gasteiger charge is -2.23. The van der Waals surface area contributed by atoms with Gasteiger partial charge in [-0.05, 0) is 29.8 Å². The van der Waals surface area contributed by atoms with Gasteiger partial charge in [0, 0.05) is 0 Å². The van der Waals surface area contributed by atoms with E-state index in [0.717, 1.165) is 0 Å². The number of benzene rings is 1. The predicted octanol–water partition coefficient (Wildman–Crippen LogP) is 3.44. The number of nitrogens with zero attached hydrogens (tertiary/aromatic N) is 1. The summed E-state index contributed by atoms with van der Waals surface area (Å²) in [6.07, 6.45) is -3.46. The third-order valence-electron chi connectivity index (χ3n) is 3.73. The lowest BCUT2D eigenvalue weighted by atomic mass is 10.1. The molecule has 0 saturated heterocycles. The van der Waals surface area contributed by atoms with Crippen LogP contribution in [-0.4, -0.2) is 44.9 Å². The summed E-state index contributed by atoms with van der Waals surface area (Å²) >= 11 is 0. The van der Waals surface area contributed by atoms with Crippen molar-refractivity contribution in [3.8, 4) is 17.2 Å². The van der Waals surface area contributed by atoms with Crippen LogP contribution in [0, 0.1) is 0 Å². The Hall–Kier alpha value is -2.84. The minimum atomic E-state index is -4.53. The average Bonchev–Trinajstić information content (AvgIpc) is 3.12. The number of carbonyl (C=O) groups excluding carboxylic acids is 1. The Labute approximate surface area is 154 Å². The molecule has 9 heteroatoms. The lowest BCUT2D eigenvalue weighted by Crippen LogP contribution is -2.39. The Kier molecular flexibility index (Phi) is 6.59. The topological polar surface area (TPSA) is 61.1 Å². The van der Waals surface area contributed by atoms with E-state index in [1.807, 2.05) is 0 Å². The van der Waals surface area contributed by atoms with Gasteiger partial charge >= 0.3 is 6.18 Å². The number of hydrogen-bond acceptors (Lipinski definition) is 5. The highest BCUT2D eigenvalue weighted by Crippen LogP contribution is 2.38. The van der Waals surface area contributed by atoms with Gasteiger partial charge in [0.2, 0.25) is 11.7 Å². The third-order valence-corrected chi connectivity index (χ3v) is 3.73. The van der Waals surface area contributed by atoms with Gasteiger partial charge in [-0.3, -0.25) is 4.79 Å². The number of hydrogen-bond donors (Lipinski definition) is 0. The average molecular weight is 387 g/mol.